The van der Waals surface area contributed by atoms with E-state index in [9.17, 15) is 0 Å². The van der Waals surface area contributed by atoms with Crippen LogP contribution in [0.1, 0.15) is 33.1 Å². The molecule has 0 saturated heterocycles. The fourth-order valence-electron chi connectivity index (χ4n) is 2.49. The van der Waals surface area contributed by atoms with E-state index in [0.29, 0.717) is 5.92 Å². The third-order valence-electron chi connectivity index (χ3n) is 3.70. The molecule has 3 nitrogen and oxygen atoms in total. The highest BCUT2D eigenvalue weighted by molar-refractivity contribution is 5.84. The van der Waals surface area contributed by atoms with Crippen molar-refractivity contribution in [3.05, 3.63) is 11.3 Å². The Morgan fingerprint density at radius 3 is 2.94 bits per heavy atom. The van der Waals surface area contributed by atoms with Gasteiger partial charge in [0.05, 0.1) is 0 Å². The van der Waals surface area contributed by atoms with Gasteiger partial charge in [-0.05, 0) is 31.9 Å². The van der Waals surface area contributed by atoms with Gasteiger partial charge >= 0.3 is 0 Å². The van der Waals surface area contributed by atoms with Crippen molar-refractivity contribution in [1.29, 1.82) is 0 Å². The van der Waals surface area contributed by atoms with E-state index >= 15 is 0 Å². The van der Waals surface area contributed by atoms with Crippen molar-refractivity contribution >= 4 is 5.84 Å². The topological polar surface area (TPSA) is 27.6 Å². The van der Waals surface area contributed by atoms with Crippen LogP contribution in [0.15, 0.2) is 16.3 Å². The van der Waals surface area contributed by atoms with Gasteiger partial charge in [0.15, 0.2) is 0 Å². The van der Waals surface area contributed by atoms with E-state index < -0.39 is 0 Å². The standard InChI is InChI=1S/C13H23N3/c1-4-16(3)12-6-5-11-7-8-14-9-10(2)13(11)15-12/h10,14H,4-9H2,1-3H3/t10-/m1/s1. The largest absolute Gasteiger partial charge is 0.363 e. The summed E-state index contributed by atoms with van der Waals surface area (Å²) in [5, 5.41) is 3.49. The Balaban J connectivity index is 2.23. The van der Waals surface area contributed by atoms with Crippen LogP contribution in [-0.4, -0.2) is 37.4 Å². The van der Waals surface area contributed by atoms with E-state index in [1.807, 2.05) is 0 Å². The van der Waals surface area contributed by atoms with E-state index in [4.69, 9.17) is 4.99 Å². The maximum absolute atomic E-state index is 4.90. The van der Waals surface area contributed by atoms with E-state index in [0.717, 1.165) is 26.1 Å². The first-order chi connectivity index (χ1) is 7.72. The quantitative estimate of drug-likeness (QED) is 0.733. The number of aliphatic imine (C=N–C) groups is 1. The number of amidine groups is 1. The van der Waals surface area contributed by atoms with E-state index in [2.05, 4.69) is 31.1 Å². The molecule has 0 aliphatic carbocycles. The van der Waals surface area contributed by atoms with E-state index in [1.165, 1.54) is 24.4 Å². The molecule has 0 bridgehead atoms. The molecular formula is C13H23N3. The van der Waals surface area contributed by atoms with Crippen molar-refractivity contribution < 1.29 is 0 Å². The monoisotopic (exact) mass is 221 g/mol. The molecule has 0 amide bonds. The number of nitrogens with one attached hydrogen (secondary N) is 1. The zero-order chi connectivity index (χ0) is 11.5. The van der Waals surface area contributed by atoms with Crippen molar-refractivity contribution in [2.24, 2.45) is 10.9 Å². The van der Waals surface area contributed by atoms with Gasteiger partial charge in [-0.15, -0.1) is 0 Å². The first-order valence-electron chi connectivity index (χ1n) is 6.43. The number of hydrogen-bond acceptors (Lipinski definition) is 3. The lowest BCUT2D eigenvalue weighted by atomic mass is 9.96. The van der Waals surface area contributed by atoms with Gasteiger partial charge in [0.1, 0.15) is 5.84 Å². The van der Waals surface area contributed by atoms with Gasteiger partial charge in [-0.25, -0.2) is 4.99 Å². The Kier molecular flexibility index (Phi) is 3.64. The fourth-order valence-corrected chi connectivity index (χ4v) is 2.49. The van der Waals surface area contributed by atoms with E-state index in [-0.39, 0.29) is 0 Å². The summed E-state index contributed by atoms with van der Waals surface area (Å²) in [6.07, 6.45) is 3.52. The van der Waals surface area contributed by atoms with Crippen LogP contribution in [0.4, 0.5) is 0 Å². The van der Waals surface area contributed by atoms with Crippen LogP contribution in [0.2, 0.25) is 0 Å². The average Bonchev–Trinajstić information content (AvgIpc) is 2.50. The summed E-state index contributed by atoms with van der Waals surface area (Å²) in [5.41, 5.74) is 2.96. The normalized spacial score (nSPS) is 25.9. The first-order valence-corrected chi connectivity index (χ1v) is 6.43. The molecule has 0 saturated carbocycles. The highest BCUT2D eigenvalue weighted by Gasteiger charge is 2.22. The zero-order valence-corrected chi connectivity index (χ0v) is 10.7. The van der Waals surface area contributed by atoms with Crippen LogP contribution in [0.3, 0.4) is 0 Å². The fraction of sp³-hybridized carbons (Fsp3) is 0.769. The lowest BCUT2D eigenvalue weighted by Crippen LogP contribution is -2.29. The Morgan fingerprint density at radius 1 is 1.38 bits per heavy atom. The third kappa shape index (κ3) is 2.29. The summed E-state index contributed by atoms with van der Waals surface area (Å²) in [6, 6.07) is 0. The zero-order valence-electron chi connectivity index (χ0n) is 10.7. The van der Waals surface area contributed by atoms with Crippen LogP contribution >= 0.6 is 0 Å². The van der Waals surface area contributed by atoms with Crippen molar-refractivity contribution in [2.75, 3.05) is 26.7 Å². The molecule has 1 atom stereocenters. The van der Waals surface area contributed by atoms with Gasteiger partial charge in [-0.2, -0.15) is 0 Å². The third-order valence-corrected chi connectivity index (χ3v) is 3.70. The Morgan fingerprint density at radius 2 is 2.19 bits per heavy atom. The molecule has 0 aromatic rings. The molecule has 0 fully saturated rings. The van der Waals surface area contributed by atoms with Gasteiger partial charge in [0.2, 0.25) is 0 Å². The highest BCUT2D eigenvalue weighted by Crippen LogP contribution is 2.29. The molecule has 0 aromatic carbocycles. The SMILES string of the molecule is CCN(C)C1=NC2=C(CCNC[C@H]2C)CC1. The van der Waals surface area contributed by atoms with Crippen molar-refractivity contribution in [3.8, 4) is 0 Å². The minimum atomic E-state index is 0.568. The van der Waals surface area contributed by atoms with Gasteiger partial charge in [-0.1, -0.05) is 6.92 Å². The molecule has 2 heterocycles. The number of rotatable bonds is 1. The molecule has 2 aliphatic rings. The van der Waals surface area contributed by atoms with Crippen LogP contribution in [0.25, 0.3) is 0 Å². The van der Waals surface area contributed by atoms with Crippen LogP contribution in [0.5, 0.6) is 0 Å². The van der Waals surface area contributed by atoms with Gasteiger partial charge < -0.3 is 10.2 Å². The second-order valence-electron chi connectivity index (χ2n) is 4.89. The number of hydrogen-bond donors (Lipinski definition) is 1. The predicted octanol–water partition coefficient (Wildman–Crippen LogP) is 2.01. The molecule has 90 valence electrons. The van der Waals surface area contributed by atoms with Gasteiger partial charge in [0.25, 0.3) is 0 Å². The molecule has 2 rings (SSSR count). The summed E-state index contributed by atoms with van der Waals surface area (Å²) in [4.78, 5) is 7.17. The van der Waals surface area contributed by atoms with E-state index in [1.54, 1.807) is 5.57 Å². The second-order valence-corrected chi connectivity index (χ2v) is 4.89. The molecule has 0 aromatic heterocycles. The maximum Gasteiger partial charge on any atom is 0.104 e. The smallest absolute Gasteiger partial charge is 0.104 e. The van der Waals surface area contributed by atoms with Gasteiger partial charge in [-0.3, -0.25) is 0 Å². The molecule has 0 unspecified atom stereocenters. The Hall–Kier alpha value is -0.830. The summed E-state index contributed by atoms with van der Waals surface area (Å²) in [5.74, 6) is 1.84. The van der Waals surface area contributed by atoms with Crippen LogP contribution in [-0.2, 0) is 0 Å². The first kappa shape index (κ1) is 11.6. The van der Waals surface area contributed by atoms with Crippen LogP contribution < -0.4 is 5.32 Å². The lowest BCUT2D eigenvalue weighted by molar-refractivity contribution is 0.511. The molecule has 2 aliphatic heterocycles. The lowest BCUT2D eigenvalue weighted by Gasteiger charge is -2.26. The van der Waals surface area contributed by atoms with Gasteiger partial charge in [0, 0.05) is 38.2 Å². The summed E-state index contributed by atoms with van der Waals surface area (Å²) in [6.45, 7) is 7.72. The summed E-state index contributed by atoms with van der Waals surface area (Å²) < 4.78 is 0. The Bertz CT molecular complexity index is 317. The van der Waals surface area contributed by atoms with Crippen molar-refractivity contribution in [3.63, 3.8) is 0 Å². The molecule has 0 radical (unpaired) electrons. The average molecular weight is 221 g/mol. The Labute approximate surface area is 98.6 Å². The second kappa shape index (κ2) is 5.00. The van der Waals surface area contributed by atoms with Crippen molar-refractivity contribution in [1.82, 2.24) is 10.2 Å². The predicted molar refractivity (Wildman–Crippen MR) is 68.6 cm³/mol. The minimum Gasteiger partial charge on any atom is -0.363 e. The summed E-state index contributed by atoms with van der Waals surface area (Å²) in [7, 11) is 2.14. The highest BCUT2D eigenvalue weighted by atomic mass is 15.2. The molecule has 0 spiro atoms. The number of nitrogens with zero attached hydrogens (tertiary/aromatic N) is 2. The maximum atomic E-state index is 4.90. The summed E-state index contributed by atoms with van der Waals surface area (Å²) >= 11 is 0. The molecule has 3 heteroatoms. The molecule has 16 heavy (non-hydrogen) atoms. The van der Waals surface area contributed by atoms with Crippen LogP contribution in [0, 0.1) is 5.92 Å². The molecule has 1 N–H and O–H groups in total. The molecular weight excluding hydrogens is 198 g/mol. The van der Waals surface area contributed by atoms with Crippen molar-refractivity contribution in [2.45, 2.75) is 33.1 Å². The minimum absolute atomic E-state index is 0.568.